The van der Waals surface area contributed by atoms with Crippen LogP contribution in [0.4, 0.5) is 0 Å². The number of sulfonamides is 1. The Balaban J connectivity index is 2.30. The predicted molar refractivity (Wildman–Crippen MR) is 71.1 cm³/mol. The SMILES string of the molecule is Cc1cc(S(=O)(=O)N2CCSCC2)sc1CO. The highest BCUT2D eigenvalue weighted by Gasteiger charge is 2.28. The molecule has 2 rings (SSSR count). The molecule has 0 unspecified atom stereocenters. The Hall–Kier alpha value is -0.0800. The van der Waals surface area contributed by atoms with E-state index in [2.05, 4.69) is 0 Å². The molecule has 17 heavy (non-hydrogen) atoms. The van der Waals surface area contributed by atoms with E-state index < -0.39 is 10.0 Å². The topological polar surface area (TPSA) is 57.6 Å². The number of hydrogen-bond acceptors (Lipinski definition) is 5. The fourth-order valence-corrected chi connectivity index (χ4v) is 5.87. The monoisotopic (exact) mass is 293 g/mol. The third-order valence-corrected chi connectivity index (χ3v) is 7.22. The molecule has 0 bridgehead atoms. The predicted octanol–water partition coefficient (Wildman–Crippen LogP) is 1.29. The van der Waals surface area contributed by atoms with Crippen LogP contribution >= 0.6 is 23.1 Å². The van der Waals surface area contributed by atoms with Gasteiger partial charge in [-0.3, -0.25) is 0 Å². The van der Waals surface area contributed by atoms with Crippen LogP contribution in [0.3, 0.4) is 0 Å². The average molecular weight is 293 g/mol. The average Bonchev–Trinajstić information content (AvgIpc) is 2.72. The third-order valence-electron chi connectivity index (χ3n) is 2.71. The van der Waals surface area contributed by atoms with E-state index in [1.165, 1.54) is 15.6 Å². The van der Waals surface area contributed by atoms with Crippen LogP contribution in [-0.4, -0.2) is 42.4 Å². The highest BCUT2D eigenvalue weighted by atomic mass is 32.2. The molecule has 96 valence electrons. The molecule has 2 heterocycles. The quantitative estimate of drug-likeness (QED) is 0.912. The van der Waals surface area contributed by atoms with Gasteiger partial charge in [-0.2, -0.15) is 16.1 Å². The summed E-state index contributed by atoms with van der Waals surface area (Å²) in [6, 6.07) is 1.66. The smallest absolute Gasteiger partial charge is 0.252 e. The maximum absolute atomic E-state index is 12.3. The molecule has 1 aromatic heterocycles. The van der Waals surface area contributed by atoms with Crippen LogP contribution in [0.2, 0.25) is 0 Å². The van der Waals surface area contributed by atoms with Crippen LogP contribution in [-0.2, 0) is 16.6 Å². The van der Waals surface area contributed by atoms with Crippen molar-refractivity contribution in [3.8, 4) is 0 Å². The van der Waals surface area contributed by atoms with Crippen molar-refractivity contribution in [1.29, 1.82) is 0 Å². The van der Waals surface area contributed by atoms with E-state index in [0.717, 1.165) is 21.9 Å². The Morgan fingerprint density at radius 1 is 1.41 bits per heavy atom. The molecule has 0 saturated carbocycles. The van der Waals surface area contributed by atoms with Crippen LogP contribution < -0.4 is 0 Å². The molecule has 0 radical (unpaired) electrons. The van der Waals surface area contributed by atoms with E-state index in [-0.39, 0.29) is 6.61 Å². The fraction of sp³-hybridized carbons (Fsp3) is 0.600. The lowest BCUT2D eigenvalue weighted by molar-refractivity contribution is 0.285. The minimum Gasteiger partial charge on any atom is -0.391 e. The summed E-state index contributed by atoms with van der Waals surface area (Å²) in [5.41, 5.74) is 0.849. The van der Waals surface area contributed by atoms with Gasteiger partial charge in [-0.15, -0.1) is 11.3 Å². The molecular weight excluding hydrogens is 278 g/mol. The zero-order valence-corrected chi connectivity index (χ0v) is 12.0. The van der Waals surface area contributed by atoms with Crippen LogP contribution in [0, 0.1) is 6.92 Å². The van der Waals surface area contributed by atoms with Gasteiger partial charge in [0.05, 0.1) is 6.61 Å². The van der Waals surface area contributed by atoms with Gasteiger partial charge >= 0.3 is 0 Å². The molecule has 1 saturated heterocycles. The number of aliphatic hydroxyl groups is 1. The Morgan fingerprint density at radius 2 is 2.06 bits per heavy atom. The molecule has 1 fully saturated rings. The summed E-state index contributed by atoms with van der Waals surface area (Å²) in [5.74, 6) is 1.72. The zero-order chi connectivity index (χ0) is 12.5. The van der Waals surface area contributed by atoms with Crippen LogP contribution in [0.5, 0.6) is 0 Å². The number of thioether (sulfide) groups is 1. The van der Waals surface area contributed by atoms with E-state index in [4.69, 9.17) is 5.11 Å². The summed E-state index contributed by atoms with van der Waals surface area (Å²) in [6.45, 7) is 2.89. The normalized spacial score (nSPS) is 18.5. The van der Waals surface area contributed by atoms with Gasteiger partial charge in [-0.25, -0.2) is 8.42 Å². The molecule has 7 heteroatoms. The highest BCUT2D eigenvalue weighted by molar-refractivity contribution is 7.99. The van der Waals surface area contributed by atoms with Crippen molar-refractivity contribution in [2.75, 3.05) is 24.6 Å². The summed E-state index contributed by atoms with van der Waals surface area (Å²) in [7, 11) is -3.35. The van der Waals surface area contributed by atoms with Crippen molar-refractivity contribution in [3.05, 3.63) is 16.5 Å². The maximum atomic E-state index is 12.3. The highest BCUT2D eigenvalue weighted by Crippen LogP contribution is 2.29. The molecule has 0 aromatic carbocycles. The Labute approximate surface area is 110 Å². The first kappa shape index (κ1) is 13.4. The fourth-order valence-electron chi connectivity index (χ4n) is 1.69. The minimum atomic E-state index is -3.35. The molecule has 0 aliphatic carbocycles. The molecule has 0 atom stereocenters. The number of nitrogens with zero attached hydrogens (tertiary/aromatic N) is 1. The van der Waals surface area contributed by atoms with E-state index >= 15 is 0 Å². The summed E-state index contributed by atoms with van der Waals surface area (Å²) < 4.78 is 26.5. The largest absolute Gasteiger partial charge is 0.391 e. The van der Waals surface area contributed by atoms with Gasteiger partial charge < -0.3 is 5.11 Å². The Kier molecular flexibility index (Phi) is 4.14. The molecule has 1 aromatic rings. The number of aryl methyl sites for hydroxylation is 1. The van der Waals surface area contributed by atoms with Crippen LogP contribution in [0.25, 0.3) is 0 Å². The van der Waals surface area contributed by atoms with Crippen molar-refractivity contribution in [1.82, 2.24) is 4.31 Å². The van der Waals surface area contributed by atoms with Gasteiger partial charge in [-0.05, 0) is 18.6 Å². The Morgan fingerprint density at radius 3 is 2.59 bits per heavy atom. The van der Waals surface area contributed by atoms with Gasteiger partial charge in [0.15, 0.2) is 0 Å². The number of hydrogen-bond donors (Lipinski definition) is 1. The van der Waals surface area contributed by atoms with Gasteiger partial charge in [0, 0.05) is 29.5 Å². The second kappa shape index (κ2) is 5.27. The van der Waals surface area contributed by atoms with Crippen LogP contribution in [0.15, 0.2) is 10.3 Å². The van der Waals surface area contributed by atoms with Crippen molar-refractivity contribution in [3.63, 3.8) is 0 Å². The minimum absolute atomic E-state index is 0.0954. The number of thiophene rings is 1. The molecule has 1 aliphatic heterocycles. The molecule has 1 N–H and O–H groups in total. The number of aliphatic hydroxyl groups excluding tert-OH is 1. The Bertz CT molecular complexity index is 489. The molecule has 4 nitrogen and oxygen atoms in total. The lowest BCUT2D eigenvalue weighted by Gasteiger charge is -2.24. The molecule has 0 spiro atoms. The number of rotatable bonds is 3. The van der Waals surface area contributed by atoms with Crippen molar-refractivity contribution >= 4 is 33.1 Å². The second-order valence-electron chi connectivity index (χ2n) is 3.85. The van der Waals surface area contributed by atoms with Crippen LogP contribution in [0.1, 0.15) is 10.4 Å². The first-order valence-corrected chi connectivity index (χ1v) is 8.75. The van der Waals surface area contributed by atoms with Crippen molar-refractivity contribution in [2.24, 2.45) is 0 Å². The summed E-state index contributed by atoms with van der Waals surface area (Å²) in [5, 5.41) is 9.11. The maximum Gasteiger partial charge on any atom is 0.252 e. The first-order chi connectivity index (χ1) is 8.05. The van der Waals surface area contributed by atoms with Gasteiger partial charge in [-0.1, -0.05) is 0 Å². The van der Waals surface area contributed by atoms with Gasteiger partial charge in [0.25, 0.3) is 10.0 Å². The molecular formula is C10H15NO3S3. The van der Waals surface area contributed by atoms with E-state index in [9.17, 15) is 8.42 Å². The first-order valence-electron chi connectivity index (χ1n) is 5.34. The summed E-state index contributed by atoms with van der Waals surface area (Å²) in [4.78, 5) is 0.731. The third kappa shape index (κ3) is 2.68. The second-order valence-corrected chi connectivity index (χ2v) is 8.37. The van der Waals surface area contributed by atoms with E-state index in [1.54, 1.807) is 17.8 Å². The summed E-state index contributed by atoms with van der Waals surface area (Å²) in [6.07, 6.45) is 0. The van der Waals surface area contributed by atoms with Crippen molar-refractivity contribution in [2.45, 2.75) is 17.7 Å². The molecule has 1 aliphatic rings. The van der Waals surface area contributed by atoms with Gasteiger partial charge in [0.1, 0.15) is 4.21 Å². The lowest BCUT2D eigenvalue weighted by Crippen LogP contribution is -2.37. The van der Waals surface area contributed by atoms with E-state index in [0.29, 0.717) is 17.3 Å². The summed E-state index contributed by atoms with van der Waals surface area (Å²) >= 11 is 2.95. The van der Waals surface area contributed by atoms with E-state index in [1.807, 2.05) is 6.92 Å². The standard InChI is InChI=1S/C10H15NO3S3/c1-8-6-10(16-9(8)7-12)17(13,14)11-2-4-15-5-3-11/h6,12H,2-5,7H2,1H3. The zero-order valence-electron chi connectivity index (χ0n) is 9.55. The van der Waals surface area contributed by atoms with Crippen molar-refractivity contribution < 1.29 is 13.5 Å². The molecule has 0 amide bonds. The van der Waals surface area contributed by atoms with Gasteiger partial charge in [0.2, 0.25) is 0 Å². The lowest BCUT2D eigenvalue weighted by atomic mass is 10.3.